The van der Waals surface area contributed by atoms with Gasteiger partial charge in [0.15, 0.2) is 0 Å². The smallest absolute Gasteiger partial charge is 0.301 e. The third-order valence-electron chi connectivity index (χ3n) is 5.06. The van der Waals surface area contributed by atoms with Crippen molar-refractivity contribution >= 4 is 29.0 Å². The van der Waals surface area contributed by atoms with Crippen molar-refractivity contribution in [3.05, 3.63) is 105 Å². The molecule has 1 aromatic heterocycles. The van der Waals surface area contributed by atoms with Crippen LogP contribution < -0.4 is 4.90 Å². The number of Topliss-reactive ketones (excluding diaryl/α,β-unsaturated/α-hetero) is 1. The van der Waals surface area contributed by atoms with Gasteiger partial charge < -0.3 is 5.11 Å². The number of amides is 1. The molecule has 1 unspecified atom stereocenters. The highest BCUT2D eigenvalue weighted by Crippen LogP contribution is 2.42. The van der Waals surface area contributed by atoms with Gasteiger partial charge in [0.05, 0.1) is 16.5 Å². The van der Waals surface area contributed by atoms with Crippen LogP contribution in [0.2, 0.25) is 0 Å². The first-order chi connectivity index (χ1) is 14.9. The van der Waals surface area contributed by atoms with E-state index in [9.17, 15) is 24.8 Å². The summed E-state index contributed by atoms with van der Waals surface area (Å²) in [5.74, 6) is -1.92. The lowest BCUT2D eigenvalue weighted by molar-refractivity contribution is -0.384. The summed E-state index contributed by atoms with van der Waals surface area (Å²) in [7, 11) is 0. The number of aliphatic hydroxyl groups excluding tert-OH is 1. The summed E-state index contributed by atoms with van der Waals surface area (Å²) in [6.07, 6.45) is 1.47. The van der Waals surface area contributed by atoms with Crippen LogP contribution in [0.15, 0.2) is 78.5 Å². The van der Waals surface area contributed by atoms with Crippen molar-refractivity contribution in [2.24, 2.45) is 0 Å². The van der Waals surface area contributed by atoms with Gasteiger partial charge in [0.25, 0.3) is 11.5 Å². The third-order valence-corrected chi connectivity index (χ3v) is 5.06. The zero-order valence-corrected chi connectivity index (χ0v) is 16.4. The van der Waals surface area contributed by atoms with E-state index in [1.807, 2.05) is 6.92 Å². The largest absolute Gasteiger partial charge is 0.507 e. The van der Waals surface area contributed by atoms with Crippen LogP contribution in [0.5, 0.6) is 0 Å². The van der Waals surface area contributed by atoms with Crippen LogP contribution in [0.3, 0.4) is 0 Å². The molecule has 1 aliphatic rings. The Kier molecular flexibility index (Phi) is 5.04. The van der Waals surface area contributed by atoms with E-state index in [0.717, 1.165) is 10.5 Å². The van der Waals surface area contributed by atoms with Crippen molar-refractivity contribution in [3.8, 4) is 0 Å². The number of hydrogen-bond donors (Lipinski definition) is 1. The van der Waals surface area contributed by atoms with Crippen LogP contribution in [0.25, 0.3) is 5.76 Å². The van der Waals surface area contributed by atoms with Gasteiger partial charge in [0, 0.05) is 23.9 Å². The molecule has 8 nitrogen and oxygen atoms in total. The number of aryl methyl sites for hydroxylation is 1. The first-order valence-corrected chi connectivity index (χ1v) is 9.42. The van der Waals surface area contributed by atoms with E-state index in [4.69, 9.17) is 0 Å². The number of aliphatic hydroxyl groups is 1. The molecule has 0 saturated carbocycles. The van der Waals surface area contributed by atoms with E-state index in [0.29, 0.717) is 11.1 Å². The lowest BCUT2D eigenvalue weighted by Crippen LogP contribution is -2.30. The molecule has 0 radical (unpaired) electrons. The molecule has 2 aromatic carbocycles. The number of non-ortho nitro benzene ring substituents is 1. The Morgan fingerprint density at radius 1 is 1.06 bits per heavy atom. The minimum atomic E-state index is -1.07. The monoisotopic (exact) mass is 415 g/mol. The molecule has 2 heterocycles. The minimum absolute atomic E-state index is 0.153. The molecule has 1 N–H and O–H groups in total. The van der Waals surface area contributed by atoms with Crippen molar-refractivity contribution in [1.29, 1.82) is 0 Å². The quantitative estimate of drug-likeness (QED) is 0.227. The van der Waals surface area contributed by atoms with Crippen molar-refractivity contribution < 1.29 is 19.6 Å². The molecule has 0 bridgehead atoms. The number of pyridine rings is 1. The van der Waals surface area contributed by atoms with Crippen LogP contribution in [0.1, 0.15) is 22.7 Å². The third kappa shape index (κ3) is 3.55. The number of nitro benzene ring substituents is 1. The maximum absolute atomic E-state index is 13.0. The molecule has 1 fully saturated rings. The average Bonchev–Trinajstić information content (AvgIpc) is 3.05. The molecule has 1 atom stereocenters. The maximum atomic E-state index is 13.0. The molecular weight excluding hydrogens is 398 g/mol. The highest BCUT2D eigenvalue weighted by Gasteiger charge is 2.47. The standard InChI is InChI=1S/C23H17N3O5/c1-14-8-10-15(11-9-14)21(27)19-20(16-5-4-6-17(13-16)26(30)31)25(23(29)22(19)28)18-7-2-3-12-24-18/h2-13,20,27H,1H3. The molecule has 1 saturated heterocycles. The van der Waals surface area contributed by atoms with Gasteiger partial charge in [-0.3, -0.25) is 24.6 Å². The van der Waals surface area contributed by atoms with Gasteiger partial charge in [-0.25, -0.2) is 4.98 Å². The average molecular weight is 415 g/mol. The van der Waals surface area contributed by atoms with Gasteiger partial charge in [-0.15, -0.1) is 0 Å². The molecule has 1 aliphatic heterocycles. The van der Waals surface area contributed by atoms with E-state index >= 15 is 0 Å². The zero-order valence-electron chi connectivity index (χ0n) is 16.4. The Bertz CT molecular complexity index is 1220. The zero-order chi connectivity index (χ0) is 22.1. The van der Waals surface area contributed by atoms with Crippen LogP contribution in [-0.4, -0.2) is 26.7 Å². The second-order valence-electron chi connectivity index (χ2n) is 7.08. The second-order valence-corrected chi connectivity index (χ2v) is 7.08. The van der Waals surface area contributed by atoms with Crippen LogP contribution in [-0.2, 0) is 9.59 Å². The van der Waals surface area contributed by atoms with E-state index in [1.54, 1.807) is 48.5 Å². The molecule has 3 aromatic rings. The van der Waals surface area contributed by atoms with Crippen molar-refractivity contribution in [1.82, 2.24) is 4.98 Å². The summed E-state index contributed by atoms with van der Waals surface area (Å²) in [4.78, 5) is 42.0. The number of aromatic nitrogens is 1. The Morgan fingerprint density at radius 3 is 2.45 bits per heavy atom. The SMILES string of the molecule is Cc1ccc(C(O)=C2C(=O)C(=O)N(c3ccccn3)C2c2cccc([N+](=O)[O-])c2)cc1. The Labute approximate surface area is 177 Å². The number of nitro groups is 1. The van der Waals surface area contributed by atoms with Gasteiger partial charge in [0.2, 0.25) is 0 Å². The van der Waals surface area contributed by atoms with Gasteiger partial charge in [-0.1, -0.05) is 48.0 Å². The first-order valence-electron chi connectivity index (χ1n) is 9.42. The van der Waals surface area contributed by atoms with Crippen LogP contribution in [0, 0.1) is 17.0 Å². The maximum Gasteiger partial charge on any atom is 0.301 e. The van der Waals surface area contributed by atoms with E-state index in [-0.39, 0.29) is 22.8 Å². The molecule has 0 aliphatic carbocycles. The van der Waals surface area contributed by atoms with E-state index in [2.05, 4.69) is 4.98 Å². The van der Waals surface area contributed by atoms with Crippen molar-refractivity contribution in [2.45, 2.75) is 13.0 Å². The topological polar surface area (TPSA) is 114 Å². The number of nitrogens with zero attached hydrogens (tertiary/aromatic N) is 3. The second kappa shape index (κ2) is 7.83. The molecule has 0 spiro atoms. The Morgan fingerprint density at radius 2 is 1.81 bits per heavy atom. The van der Waals surface area contributed by atoms with Gasteiger partial charge in [0.1, 0.15) is 11.6 Å². The highest BCUT2D eigenvalue weighted by atomic mass is 16.6. The number of rotatable bonds is 4. The summed E-state index contributed by atoms with van der Waals surface area (Å²) in [6, 6.07) is 16.3. The Balaban J connectivity index is 1.96. The first kappa shape index (κ1) is 20.0. The predicted molar refractivity (Wildman–Crippen MR) is 113 cm³/mol. The minimum Gasteiger partial charge on any atom is -0.507 e. The van der Waals surface area contributed by atoms with E-state index in [1.165, 1.54) is 24.4 Å². The number of anilines is 1. The van der Waals surface area contributed by atoms with Crippen molar-refractivity contribution in [3.63, 3.8) is 0 Å². The molecule has 4 rings (SSSR count). The fourth-order valence-electron chi connectivity index (χ4n) is 3.56. The van der Waals surface area contributed by atoms with Gasteiger partial charge in [-0.05, 0) is 24.6 Å². The number of ketones is 1. The number of carbonyl (C=O) groups is 2. The van der Waals surface area contributed by atoms with Gasteiger partial charge >= 0.3 is 5.91 Å². The predicted octanol–water partition coefficient (Wildman–Crippen LogP) is 3.92. The molecule has 8 heteroatoms. The van der Waals surface area contributed by atoms with Crippen LogP contribution >= 0.6 is 0 Å². The van der Waals surface area contributed by atoms with Crippen molar-refractivity contribution in [2.75, 3.05) is 4.90 Å². The summed E-state index contributed by atoms with van der Waals surface area (Å²) in [6.45, 7) is 1.88. The lowest BCUT2D eigenvalue weighted by Gasteiger charge is -2.24. The number of benzene rings is 2. The molecular formula is C23H17N3O5. The summed E-state index contributed by atoms with van der Waals surface area (Å²) in [5, 5.41) is 22.3. The normalized spacial score (nSPS) is 17.7. The van der Waals surface area contributed by atoms with Crippen LogP contribution in [0.4, 0.5) is 11.5 Å². The molecule has 154 valence electrons. The fraction of sp³-hybridized carbons (Fsp3) is 0.0870. The lowest BCUT2D eigenvalue weighted by atomic mass is 9.94. The fourth-order valence-corrected chi connectivity index (χ4v) is 3.56. The highest BCUT2D eigenvalue weighted by molar-refractivity contribution is 6.51. The number of carbonyl (C=O) groups excluding carboxylic acids is 2. The van der Waals surface area contributed by atoms with Gasteiger partial charge in [-0.2, -0.15) is 0 Å². The van der Waals surface area contributed by atoms with E-state index < -0.39 is 22.7 Å². The summed E-state index contributed by atoms with van der Waals surface area (Å²) < 4.78 is 0. The number of hydrogen-bond acceptors (Lipinski definition) is 6. The summed E-state index contributed by atoms with van der Waals surface area (Å²) in [5.41, 5.74) is 1.29. The molecule has 31 heavy (non-hydrogen) atoms. The Hall–Kier alpha value is -4.33. The molecule has 1 amide bonds. The summed E-state index contributed by atoms with van der Waals surface area (Å²) >= 11 is 0.